The van der Waals surface area contributed by atoms with Gasteiger partial charge in [0.2, 0.25) is 0 Å². The van der Waals surface area contributed by atoms with E-state index in [1.54, 1.807) is 36.8 Å². The average molecular weight is 431 g/mol. The Balaban J connectivity index is 1.40. The number of methoxy groups -OCH3 is 1. The topological polar surface area (TPSA) is 73.9 Å². The van der Waals surface area contributed by atoms with Gasteiger partial charge in [-0.3, -0.25) is 14.3 Å². The van der Waals surface area contributed by atoms with Crippen LogP contribution in [0.4, 0.5) is 0 Å². The molecule has 0 N–H and O–H groups in total. The number of rotatable bonds is 7. The Morgan fingerprint density at radius 1 is 1.16 bits per heavy atom. The molecular weight excluding hydrogens is 396 g/mol. The van der Waals surface area contributed by atoms with Crippen LogP contribution in [0.5, 0.6) is 0 Å². The fourth-order valence-electron chi connectivity index (χ4n) is 5.26. The molecular formula is C24H34N2O5. The first-order valence-electron chi connectivity index (χ1n) is 11.4. The Hall–Kier alpha value is -1.96. The molecule has 1 aromatic carbocycles. The van der Waals surface area contributed by atoms with Gasteiger partial charge >= 0.3 is 5.76 Å². The molecule has 2 aliphatic rings. The van der Waals surface area contributed by atoms with Crippen molar-refractivity contribution in [3.8, 4) is 0 Å². The van der Waals surface area contributed by atoms with Crippen molar-refractivity contribution in [3.05, 3.63) is 34.3 Å². The third-order valence-corrected chi connectivity index (χ3v) is 7.26. The smallest absolute Gasteiger partial charge is 0.408 e. The number of hydrogen-bond donors (Lipinski definition) is 0. The highest BCUT2D eigenvalue weighted by atomic mass is 16.5. The minimum atomic E-state index is -0.325. The SMILES string of the molecule is COCCOC1CCC(C)(N2CCC(n3c(=O)oc4ccc(C(C)=O)cc43)CC2)CC1. The highest BCUT2D eigenvalue weighted by Gasteiger charge is 2.38. The van der Waals surface area contributed by atoms with Crippen LogP contribution < -0.4 is 5.76 Å². The molecule has 0 radical (unpaired) electrons. The number of carbonyl (C=O) groups is 1. The van der Waals surface area contributed by atoms with Crippen LogP contribution in [0.15, 0.2) is 27.4 Å². The number of fused-ring (bicyclic) bond motifs is 1. The molecule has 0 spiro atoms. The van der Waals surface area contributed by atoms with Crippen molar-refractivity contribution in [2.45, 2.75) is 70.1 Å². The summed E-state index contributed by atoms with van der Waals surface area (Å²) in [5.74, 6) is -0.333. The zero-order valence-corrected chi connectivity index (χ0v) is 18.9. The Morgan fingerprint density at radius 2 is 1.87 bits per heavy atom. The second-order valence-corrected chi connectivity index (χ2v) is 9.25. The maximum Gasteiger partial charge on any atom is 0.420 e. The molecule has 0 atom stereocenters. The summed E-state index contributed by atoms with van der Waals surface area (Å²) in [6.45, 7) is 7.15. The van der Waals surface area contributed by atoms with Gasteiger partial charge in [-0.15, -0.1) is 0 Å². The number of piperidine rings is 1. The molecule has 1 saturated heterocycles. The van der Waals surface area contributed by atoms with E-state index in [9.17, 15) is 9.59 Å². The van der Waals surface area contributed by atoms with Gasteiger partial charge in [-0.25, -0.2) is 4.79 Å². The summed E-state index contributed by atoms with van der Waals surface area (Å²) < 4.78 is 18.2. The Kier molecular flexibility index (Phi) is 6.65. The molecule has 2 heterocycles. The monoisotopic (exact) mass is 430 g/mol. The first-order chi connectivity index (χ1) is 14.9. The fourth-order valence-corrected chi connectivity index (χ4v) is 5.26. The lowest BCUT2D eigenvalue weighted by Crippen LogP contribution is -2.53. The zero-order valence-electron chi connectivity index (χ0n) is 18.9. The predicted octanol–water partition coefficient (Wildman–Crippen LogP) is 3.80. The maximum absolute atomic E-state index is 12.6. The second kappa shape index (κ2) is 9.27. The molecule has 2 fully saturated rings. The van der Waals surface area contributed by atoms with E-state index in [0.29, 0.717) is 30.5 Å². The standard InChI is InChI=1S/C24H34N2O5/c1-17(27)18-4-5-22-21(16-18)26(23(28)31-22)19-8-12-25(13-9-19)24(2)10-6-20(7-11-24)30-15-14-29-3/h4-5,16,19-20H,6-15H2,1-3H3. The summed E-state index contributed by atoms with van der Waals surface area (Å²) in [6, 6.07) is 5.34. The van der Waals surface area contributed by atoms with E-state index in [0.717, 1.165) is 57.1 Å². The minimum Gasteiger partial charge on any atom is -0.408 e. The highest BCUT2D eigenvalue weighted by Crippen LogP contribution is 2.38. The largest absolute Gasteiger partial charge is 0.420 e. The third-order valence-electron chi connectivity index (χ3n) is 7.26. The van der Waals surface area contributed by atoms with Crippen molar-refractivity contribution in [2.75, 3.05) is 33.4 Å². The van der Waals surface area contributed by atoms with E-state index in [2.05, 4.69) is 11.8 Å². The Morgan fingerprint density at radius 3 is 2.52 bits per heavy atom. The molecule has 7 nitrogen and oxygen atoms in total. The number of Topliss-reactive ketones (excluding diaryl/α,β-unsaturated/α-hetero) is 1. The van der Waals surface area contributed by atoms with Crippen molar-refractivity contribution in [3.63, 3.8) is 0 Å². The van der Waals surface area contributed by atoms with Gasteiger partial charge in [-0.05, 0) is 70.6 Å². The van der Waals surface area contributed by atoms with Gasteiger partial charge in [0.05, 0.1) is 24.8 Å². The van der Waals surface area contributed by atoms with Gasteiger partial charge in [0.1, 0.15) is 0 Å². The van der Waals surface area contributed by atoms with Crippen molar-refractivity contribution < 1.29 is 18.7 Å². The van der Waals surface area contributed by atoms with E-state index in [-0.39, 0.29) is 23.1 Å². The van der Waals surface area contributed by atoms with Crippen LogP contribution in [-0.2, 0) is 9.47 Å². The average Bonchev–Trinajstić information content (AvgIpc) is 3.10. The summed E-state index contributed by atoms with van der Waals surface area (Å²) >= 11 is 0. The first-order valence-corrected chi connectivity index (χ1v) is 11.4. The van der Waals surface area contributed by atoms with Gasteiger partial charge in [0, 0.05) is 37.3 Å². The van der Waals surface area contributed by atoms with Crippen molar-refractivity contribution >= 4 is 16.9 Å². The molecule has 4 rings (SSSR count). The van der Waals surface area contributed by atoms with Crippen molar-refractivity contribution in [2.24, 2.45) is 0 Å². The van der Waals surface area contributed by atoms with Crippen molar-refractivity contribution in [1.82, 2.24) is 9.47 Å². The number of likely N-dealkylation sites (tertiary alicyclic amines) is 1. The summed E-state index contributed by atoms with van der Waals surface area (Å²) in [5, 5.41) is 0. The molecule has 31 heavy (non-hydrogen) atoms. The molecule has 1 aliphatic heterocycles. The molecule has 7 heteroatoms. The van der Waals surface area contributed by atoms with Gasteiger partial charge < -0.3 is 13.9 Å². The van der Waals surface area contributed by atoms with Gasteiger partial charge in [-0.2, -0.15) is 0 Å². The van der Waals surface area contributed by atoms with E-state index in [1.807, 2.05) is 0 Å². The first kappa shape index (κ1) is 22.2. The number of carbonyl (C=O) groups excluding carboxylic acids is 1. The summed E-state index contributed by atoms with van der Waals surface area (Å²) in [7, 11) is 1.70. The summed E-state index contributed by atoms with van der Waals surface area (Å²) in [6.07, 6.45) is 6.58. The Bertz CT molecular complexity index is 962. The van der Waals surface area contributed by atoms with Gasteiger partial charge in [-0.1, -0.05) is 0 Å². The fraction of sp³-hybridized carbons (Fsp3) is 0.667. The lowest BCUT2D eigenvalue weighted by molar-refractivity contribution is -0.0419. The van der Waals surface area contributed by atoms with E-state index in [1.165, 1.54) is 0 Å². The molecule has 2 aromatic rings. The molecule has 0 bridgehead atoms. The molecule has 170 valence electrons. The normalized spacial score (nSPS) is 25.8. The second-order valence-electron chi connectivity index (χ2n) is 9.25. The number of hydrogen-bond acceptors (Lipinski definition) is 6. The number of ether oxygens (including phenoxy) is 2. The molecule has 1 aromatic heterocycles. The van der Waals surface area contributed by atoms with Gasteiger partial charge in [0.15, 0.2) is 11.4 Å². The summed E-state index contributed by atoms with van der Waals surface area (Å²) in [4.78, 5) is 27.0. The van der Waals surface area contributed by atoms with Crippen LogP contribution in [0.2, 0.25) is 0 Å². The minimum absolute atomic E-state index is 0.00774. The van der Waals surface area contributed by atoms with E-state index >= 15 is 0 Å². The van der Waals surface area contributed by atoms with Crippen LogP contribution in [0.1, 0.15) is 68.8 Å². The Labute approximate surface area is 183 Å². The van der Waals surface area contributed by atoms with Crippen LogP contribution in [-0.4, -0.2) is 60.3 Å². The van der Waals surface area contributed by atoms with E-state index < -0.39 is 0 Å². The number of ketones is 1. The predicted molar refractivity (Wildman–Crippen MR) is 119 cm³/mol. The molecule has 0 unspecified atom stereocenters. The molecule has 1 aliphatic carbocycles. The third kappa shape index (κ3) is 4.64. The van der Waals surface area contributed by atoms with Crippen LogP contribution in [0.3, 0.4) is 0 Å². The molecule has 0 amide bonds. The zero-order chi connectivity index (χ0) is 22.0. The maximum atomic E-state index is 12.6. The number of benzene rings is 1. The number of nitrogens with zero attached hydrogens (tertiary/aromatic N) is 2. The lowest BCUT2D eigenvalue weighted by atomic mass is 9.79. The summed E-state index contributed by atoms with van der Waals surface area (Å²) in [5.41, 5.74) is 2.08. The van der Waals surface area contributed by atoms with Gasteiger partial charge in [0.25, 0.3) is 0 Å². The lowest BCUT2D eigenvalue weighted by Gasteiger charge is -2.48. The van der Waals surface area contributed by atoms with E-state index in [4.69, 9.17) is 13.9 Å². The van der Waals surface area contributed by atoms with Crippen LogP contribution in [0.25, 0.3) is 11.1 Å². The van der Waals surface area contributed by atoms with Crippen molar-refractivity contribution in [1.29, 1.82) is 0 Å². The number of oxazole rings is 1. The van der Waals surface area contributed by atoms with Crippen LogP contribution >= 0.6 is 0 Å². The number of aromatic nitrogens is 1. The highest BCUT2D eigenvalue weighted by molar-refractivity contribution is 5.97. The molecule has 1 saturated carbocycles. The quantitative estimate of drug-likeness (QED) is 0.491. The van der Waals surface area contributed by atoms with Crippen LogP contribution in [0, 0.1) is 0 Å².